The molecule has 0 unspecified atom stereocenters. The van der Waals surface area contributed by atoms with Gasteiger partial charge in [-0.25, -0.2) is 9.59 Å². The summed E-state index contributed by atoms with van der Waals surface area (Å²) in [5, 5.41) is 0. The molecule has 6 nitrogen and oxygen atoms in total. The van der Waals surface area contributed by atoms with Crippen molar-refractivity contribution < 1.29 is 28.5 Å². The summed E-state index contributed by atoms with van der Waals surface area (Å²) >= 11 is 0. The van der Waals surface area contributed by atoms with Gasteiger partial charge in [-0.3, -0.25) is 0 Å². The molecular weight excluding hydrogens is 408 g/mol. The second kappa shape index (κ2) is 9.56. The van der Waals surface area contributed by atoms with Gasteiger partial charge in [0.1, 0.15) is 23.0 Å². The summed E-state index contributed by atoms with van der Waals surface area (Å²) in [5.74, 6) is 1.69. The van der Waals surface area contributed by atoms with Gasteiger partial charge >= 0.3 is 11.9 Å². The predicted octanol–water partition coefficient (Wildman–Crippen LogP) is 5.73. The molecule has 3 rings (SSSR count). The molecule has 0 saturated heterocycles. The topological polar surface area (TPSA) is 71.1 Å². The minimum Gasteiger partial charge on any atom is -0.496 e. The smallest absolute Gasteiger partial charge is 0.343 e. The molecule has 0 spiro atoms. The Labute approximate surface area is 187 Å². The summed E-state index contributed by atoms with van der Waals surface area (Å²) < 4.78 is 21.8. The molecule has 0 atom stereocenters. The number of methoxy groups -OCH3 is 2. The first-order chi connectivity index (χ1) is 15.2. The van der Waals surface area contributed by atoms with Gasteiger partial charge in [0, 0.05) is 0 Å². The molecule has 166 valence electrons. The number of rotatable bonds is 6. The predicted molar refractivity (Wildman–Crippen MR) is 121 cm³/mol. The highest BCUT2D eigenvalue weighted by molar-refractivity contribution is 5.94. The van der Waals surface area contributed by atoms with Crippen LogP contribution in [-0.2, 0) is 4.74 Å². The van der Waals surface area contributed by atoms with Gasteiger partial charge in [0.05, 0.1) is 25.3 Å². The van der Waals surface area contributed by atoms with E-state index in [1.807, 2.05) is 52.0 Å². The number of hydrogen-bond acceptors (Lipinski definition) is 6. The van der Waals surface area contributed by atoms with Gasteiger partial charge in [0.15, 0.2) is 0 Å². The highest BCUT2D eigenvalue weighted by Gasteiger charge is 2.16. The Morgan fingerprint density at radius 2 is 1.03 bits per heavy atom. The van der Waals surface area contributed by atoms with E-state index in [-0.39, 0.29) is 0 Å². The zero-order chi connectivity index (χ0) is 23.4. The molecule has 3 aromatic rings. The van der Waals surface area contributed by atoms with Crippen LogP contribution in [0.15, 0.2) is 48.5 Å². The van der Waals surface area contributed by atoms with Gasteiger partial charge in [-0.2, -0.15) is 0 Å². The van der Waals surface area contributed by atoms with Crippen LogP contribution < -0.4 is 14.2 Å². The quantitative estimate of drug-likeness (QED) is 0.365. The fraction of sp³-hybridized carbons (Fsp3) is 0.231. The van der Waals surface area contributed by atoms with Gasteiger partial charge in [-0.1, -0.05) is 0 Å². The van der Waals surface area contributed by atoms with E-state index < -0.39 is 11.9 Å². The molecule has 0 radical (unpaired) electrons. The lowest BCUT2D eigenvalue weighted by atomic mass is 10.1. The zero-order valence-electron chi connectivity index (χ0n) is 19.1. The van der Waals surface area contributed by atoms with Gasteiger partial charge in [0.25, 0.3) is 0 Å². The van der Waals surface area contributed by atoms with E-state index >= 15 is 0 Å². The molecule has 0 aliphatic rings. The molecule has 3 aromatic carbocycles. The minimum atomic E-state index is -0.511. The van der Waals surface area contributed by atoms with Crippen molar-refractivity contribution in [1.29, 1.82) is 0 Å². The fourth-order valence-electron chi connectivity index (χ4n) is 3.57. The van der Waals surface area contributed by atoms with E-state index in [1.54, 1.807) is 7.11 Å². The Balaban J connectivity index is 1.79. The monoisotopic (exact) mass is 434 g/mol. The second-order valence-corrected chi connectivity index (χ2v) is 7.54. The van der Waals surface area contributed by atoms with Gasteiger partial charge < -0.3 is 18.9 Å². The summed E-state index contributed by atoms with van der Waals surface area (Å²) in [6.45, 7) is 7.64. The molecule has 0 saturated carbocycles. The molecule has 0 heterocycles. The Morgan fingerprint density at radius 1 is 0.625 bits per heavy atom. The lowest BCUT2D eigenvalue weighted by Crippen LogP contribution is -2.11. The molecule has 0 fully saturated rings. The number of carbonyl (C=O) groups is 2. The van der Waals surface area contributed by atoms with Crippen LogP contribution in [0.1, 0.15) is 43.0 Å². The van der Waals surface area contributed by atoms with Gasteiger partial charge in [0.2, 0.25) is 0 Å². The number of ether oxygens (including phenoxy) is 4. The maximum absolute atomic E-state index is 12.6. The van der Waals surface area contributed by atoms with Crippen LogP contribution >= 0.6 is 0 Å². The van der Waals surface area contributed by atoms with E-state index in [4.69, 9.17) is 14.2 Å². The van der Waals surface area contributed by atoms with Crippen LogP contribution in [0.4, 0.5) is 0 Å². The molecular formula is C26H26O6. The number of esters is 2. The van der Waals surface area contributed by atoms with Crippen molar-refractivity contribution in [2.45, 2.75) is 27.7 Å². The summed E-state index contributed by atoms with van der Waals surface area (Å²) in [6.07, 6.45) is 0. The van der Waals surface area contributed by atoms with Crippen LogP contribution in [-0.4, -0.2) is 26.2 Å². The molecule has 6 heteroatoms. The Morgan fingerprint density at radius 3 is 1.44 bits per heavy atom. The fourth-order valence-corrected chi connectivity index (χ4v) is 3.57. The van der Waals surface area contributed by atoms with Crippen LogP contribution in [0, 0.1) is 27.7 Å². The lowest BCUT2D eigenvalue weighted by molar-refractivity contribution is 0.0599. The maximum Gasteiger partial charge on any atom is 0.343 e. The van der Waals surface area contributed by atoms with Gasteiger partial charge in [-0.15, -0.1) is 0 Å². The Hall–Kier alpha value is -3.80. The summed E-state index contributed by atoms with van der Waals surface area (Å²) in [7, 11) is 2.95. The van der Waals surface area contributed by atoms with Crippen LogP contribution in [0.5, 0.6) is 23.0 Å². The Bertz CT molecular complexity index is 1120. The van der Waals surface area contributed by atoms with Gasteiger partial charge in [-0.05, 0) is 98.5 Å². The van der Waals surface area contributed by atoms with Crippen LogP contribution in [0.25, 0.3) is 0 Å². The minimum absolute atomic E-state index is 0.334. The third-order valence-electron chi connectivity index (χ3n) is 5.04. The van der Waals surface area contributed by atoms with E-state index in [9.17, 15) is 9.59 Å². The molecule has 0 N–H and O–H groups in total. The van der Waals surface area contributed by atoms with Crippen LogP contribution in [0.3, 0.4) is 0 Å². The molecule has 0 aromatic heterocycles. The Kier molecular flexibility index (Phi) is 6.83. The van der Waals surface area contributed by atoms with Crippen molar-refractivity contribution in [3.8, 4) is 23.0 Å². The van der Waals surface area contributed by atoms with Crippen molar-refractivity contribution in [2.24, 2.45) is 0 Å². The standard InChI is InChI=1S/C26H26O6/c1-15-11-21(12-16(2)23(15)29-5)31-22-13-17(3)24(18(4)14-22)32-26(28)20-9-7-19(8-10-20)25(27)30-6/h7-14H,1-6H3. The normalized spacial score (nSPS) is 10.4. The van der Waals surface area contributed by atoms with Crippen LogP contribution in [0.2, 0.25) is 0 Å². The summed E-state index contributed by atoms with van der Waals surface area (Å²) in [4.78, 5) is 24.1. The second-order valence-electron chi connectivity index (χ2n) is 7.54. The molecule has 0 aliphatic heterocycles. The van der Waals surface area contributed by atoms with Crippen molar-refractivity contribution in [3.63, 3.8) is 0 Å². The molecule has 32 heavy (non-hydrogen) atoms. The highest BCUT2D eigenvalue weighted by Crippen LogP contribution is 2.34. The number of benzene rings is 3. The number of aryl methyl sites for hydroxylation is 4. The molecule has 0 amide bonds. The zero-order valence-corrected chi connectivity index (χ0v) is 19.1. The maximum atomic E-state index is 12.6. The molecule has 0 aliphatic carbocycles. The van der Waals surface area contributed by atoms with E-state index in [1.165, 1.54) is 31.4 Å². The third kappa shape index (κ3) is 4.91. The largest absolute Gasteiger partial charge is 0.496 e. The van der Waals surface area contributed by atoms with Crippen molar-refractivity contribution >= 4 is 11.9 Å². The highest BCUT2D eigenvalue weighted by atomic mass is 16.5. The van der Waals surface area contributed by atoms with E-state index in [2.05, 4.69) is 4.74 Å². The van der Waals surface area contributed by atoms with E-state index in [0.29, 0.717) is 28.4 Å². The third-order valence-corrected chi connectivity index (χ3v) is 5.04. The SMILES string of the molecule is COC(=O)c1ccc(C(=O)Oc2c(C)cc(Oc3cc(C)c(OC)c(C)c3)cc2C)cc1. The van der Waals surface area contributed by atoms with Crippen molar-refractivity contribution in [2.75, 3.05) is 14.2 Å². The first kappa shape index (κ1) is 22.9. The summed E-state index contributed by atoms with van der Waals surface area (Å²) in [5.41, 5.74) is 4.20. The average molecular weight is 434 g/mol. The lowest BCUT2D eigenvalue weighted by Gasteiger charge is -2.15. The average Bonchev–Trinajstić information content (AvgIpc) is 2.75. The summed E-state index contributed by atoms with van der Waals surface area (Å²) in [6, 6.07) is 13.6. The van der Waals surface area contributed by atoms with Crippen molar-refractivity contribution in [1.82, 2.24) is 0 Å². The first-order valence-electron chi connectivity index (χ1n) is 10.1. The van der Waals surface area contributed by atoms with Crippen molar-refractivity contribution in [3.05, 3.63) is 81.9 Å². The van der Waals surface area contributed by atoms with E-state index in [0.717, 1.165) is 28.0 Å². The molecule has 0 bridgehead atoms. The number of carbonyl (C=O) groups excluding carboxylic acids is 2. The number of hydrogen-bond donors (Lipinski definition) is 0. The first-order valence-corrected chi connectivity index (χ1v) is 10.1.